The van der Waals surface area contributed by atoms with Crippen molar-refractivity contribution in [3.8, 4) is 0 Å². The molecule has 0 radical (unpaired) electrons. The fourth-order valence-corrected chi connectivity index (χ4v) is 2.44. The van der Waals surface area contributed by atoms with Crippen LogP contribution in [0.2, 0.25) is 0 Å². The zero-order valence-corrected chi connectivity index (χ0v) is 13.6. The highest BCUT2D eigenvalue weighted by Crippen LogP contribution is 2.24. The average molecular weight is 315 g/mol. The van der Waals surface area contributed by atoms with E-state index in [1.54, 1.807) is 6.07 Å². The van der Waals surface area contributed by atoms with Gasteiger partial charge in [0.05, 0.1) is 11.9 Å². The van der Waals surface area contributed by atoms with Crippen molar-refractivity contribution >= 4 is 11.7 Å². The molecule has 1 amide bonds. The summed E-state index contributed by atoms with van der Waals surface area (Å²) in [6, 6.07) is 5.59. The lowest BCUT2D eigenvalue weighted by atomic mass is 9.92. The van der Waals surface area contributed by atoms with Gasteiger partial charge in [-0.3, -0.25) is 4.79 Å². The summed E-state index contributed by atoms with van der Waals surface area (Å²) in [5, 5.41) is 15.0. The van der Waals surface area contributed by atoms with E-state index in [0.717, 1.165) is 24.6 Å². The lowest BCUT2D eigenvalue weighted by Crippen LogP contribution is -2.52. The van der Waals surface area contributed by atoms with Crippen molar-refractivity contribution in [2.75, 3.05) is 24.5 Å². The third-order valence-corrected chi connectivity index (χ3v) is 3.91. The molecule has 1 saturated heterocycles. The van der Waals surface area contributed by atoms with Gasteiger partial charge in [0.1, 0.15) is 0 Å². The maximum Gasteiger partial charge on any atom is 0.289 e. The molecule has 0 spiro atoms. The van der Waals surface area contributed by atoms with Gasteiger partial charge in [-0.05, 0) is 12.1 Å². The van der Waals surface area contributed by atoms with Crippen LogP contribution in [0, 0.1) is 5.92 Å². The molecule has 122 valence electrons. The summed E-state index contributed by atoms with van der Waals surface area (Å²) in [5.74, 6) is 1.31. The van der Waals surface area contributed by atoms with Gasteiger partial charge in [-0.1, -0.05) is 25.9 Å². The van der Waals surface area contributed by atoms with E-state index in [-0.39, 0.29) is 17.1 Å². The Bertz CT molecular complexity index is 655. The van der Waals surface area contributed by atoms with Crippen LogP contribution in [-0.4, -0.2) is 40.9 Å². The third kappa shape index (κ3) is 3.49. The fourth-order valence-electron chi connectivity index (χ4n) is 2.44. The Morgan fingerprint density at radius 1 is 1.30 bits per heavy atom. The number of carbonyl (C=O) groups is 1. The normalized spacial score (nSPS) is 15.3. The Morgan fingerprint density at radius 2 is 2.09 bits per heavy atom. The Morgan fingerprint density at radius 3 is 2.65 bits per heavy atom. The minimum atomic E-state index is -0.227. The van der Waals surface area contributed by atoms with E-state index >= 15 is 0 Å². The van der Waals surface area contributed by atoms with Crippen LogP contribution in [0.5, 0.6) is 0 Å². The molecular weight excluding hydrogens is 294 g/mol. The van der Waals surface area contributed by atoms with Gasteiger partial charge < -0.3 is 14.7 Å². The Balaban J connectivity index is 1.46. The summed E-state index contributed by atoms with van der Waals surface area (Å²) >= 11 is 0. The molecule has 3 heterocycles. The summed E-state index contributed by atoms with van der Waals surface area (Å²) < 4.78 is 4.82. The number of aromatic nitrogens is 3. The number of amides is 1. The molecule has 1 aliphatic heterocycles. The van der Waals surface area contributed by atoms with Crippen molar-refractivity contribution < 1.29 is 9.32 Å². The van der Waals surface area contributed by atoms with Crippen LogP contribution in [0.1, 0.15) is 37.0 Å². The molecule has 0 saturated carbocycles. The predicted molar refractivity (Wildman–Crippen MR) is 85.3 cm³/mol. The molecule has 0 atom stereocenters. The highest BCUT2D eigenvalue weighted by molar-refractivity contribution is 5.91. The second-order valence-electron chi connectivity index (χ2n) is 6.88. The highest BCUT2D eigenvalue weighted by Gasteiger charge is 2.29. The van der Waals surface area contributed by atoms with Crippen LogP contribution in [0.15, 0.2) is 28.9 Å². The SMILES string of the molecule is CC(C)(C)c1ccc(N2CC(CNC(=O)c3ccno3)C2)nn1. The van der Waals surface area contributed by atoms with E-state index in [2.05, 4.69) is 46.3 Å². The number of hydrogen-bond acceptors (Lipinski definition) is 6. The minimum absolute atomic E-state index is 0.00794. The van der Waals surface area contributed by atoms with Gasteiger partial charge >= 0.3 is 0 Å². The van der Waals surface area contributed by atoms with Crippen LogP contribution in [0.3, 0.4) is 0 Å². The number of anilines is 1. The molecule has 7 nitrogen and oxygen atoms in total. The topological polar surface area (TPSA) is 84.2 Å². The maximum atomic E-state index is 11.8. The first-order valence-corrected chi connectivity index (χ1v) is 7.71. The van der Waals surface area contributed by atoms with E-state index in [1.807, 2.05) is 12.1 Å². The van der Waals surface area contributed by atoms with Crippen LogP contribution < -0.4 is 10.2 Å². The molecule has 7 heteroatoms. The molecule has 0 bridgehead atoms. The molecule has 1 N–H and O–H groups in total. The summed E-state index contributed by atoms with van der Waals surface area (Å²) in [6.45, 7) is 8.69. The molecule has 2 aromatic heterocycles. The minimum Gasteiger partial charge on any atom is -0.354 e. The Hall–Kier alpha value is -2.44. The lowest BCUT2D eigenvalue weighted by molar-refractivity contribution is 0.0907. The number of nitrogens with one attached hydrogen (secondary N) is 1. The van der Waals surface area contributed by atoms with E-state index in [0.29, 0.717) is 12.5 Å². The zero-order chi connectivity index (χ0) is 16.4. The van der Waals surface area contributed by atoms with Crippen LogP contribution in [-0.2, 0) is 5.41 Å². The molecule has 2 aromatic rings. The summed E-state index contributed by atoms with van der Waals surface area (Å²) in [5.41, 5.74) is 0.992. The first-order valence-electron chi connectivity index (χ1n) is 7.71. The summed E-state index contributed by atoms with van der Waals surface area (Å²) in [7, 11) is 0. The molecule has 3 rings (SSSR count). The molecule has 23 heavy (non-hydrogen) atoms. The molecular formula is C16H21N5O2. The van der Waals surface area contributed by atoms with Crippen LogP contribution in [0.25, 0.3) is 0 Å². The largest absolute Gasteiger partial charge is 0.354 e. The molecule has 1 aliphatic rings. The number of carbonyl (C=O) groups excluding carboxylic acids is 1. The molecule has 0 aromatic carbocycles. The van der Waals surface area contributed by atoms with Crippen molar-refractivity contribution in [1.29, 1.82) is 0 Å². The van der Waals surface area contributed by atoms with Crippen LogP contribution in [0.4, 0.5) is 5.82 Å². The van der Waals surface area contributed by atoms with Crippen molar-refractivity contribution in [2.45, 2.75) is 26.2 Å². The van der Waals surface area contributed by atoms with Crippen molar-refractivity contribution in [1.82, 2.24) is 20.7 Å². The maximum absolute atomic E-state index is 11.8. The number of rotatable bonds is 4. The van der Waals surface area contributed by atoms with E-state index in [4.69, 9.17) is 4.52 Å². The molecule has 0 aliphatic carbocycles. The standard InChI is InChI=1S/C16H21N5O2/c1-16(2,3)13-4-5-14(20-19-13)21-9-11(10-21)8-17-15(22)12-6-7-18-23-12/h4-7,11H,8-10H2,1-3H3,(H,17,22). The second kappa shape index (κ2) is 5.98. The van der Waals surface area contributed by atoms with Gasteiger partial charge in [0.2, 0.25) is 5.76 Å². The molecule has 1 fully saturated rings. The number of hydrogen-bond donors (Lipinski definition) is 1. The first-order chi connectivity index (χ1) is 10.9. The van der Waals surface area contributed by atoms with Crippen LogP contribution >= 0.6 is 0 Å². The Labute approximate surface area is 135 Å². The summed E-state index contributed by atoms with van der Waals surface area (Å²) in [4.78, 5) is 13.9. The smallest absolute Gasteiger partial charge is 0.289 e. The number of nitrogens with zero attached hydrogens (tertiary/aromatic N) is 4. The molecule has 0 unspecified atom stereocenters. The van der Waals surface area contributed by atoms with E-state index in [9.17, 15) is 4.79 Å². The summed E-state index contributed by atoms with van der Waals surface area (Å²) in [6.07, 6.45) is 1.46. The van der Waals surface area contributed by atoms with Gasteiger partial charge in [-0.2, -0.15) is 5.10 Å². The fraction of sp³-hybridized carbons (Fsp3) is 0.500. The zero-order valence-electron chi connectivity index (χ0n) is 13.6. The van der Waals surface area contributed by atoms with Gasteiger partial charge in [0.15, 0.2) is 5.82 Å². The lowest BCUT2D eigenvalue weighted by Gasteiger charge is -2.40. The van der Waals surface area contributed by atoms with Crippen molar-refractivity contribution in [3.63, 3.8) is 0 Å². The van der Waals surface area contributed by atoms with Gasteiger partial charge in [0.25, 0.3) is 5.91 Å². The average Bonchev–Trinajstić information content (AvgIpc) is 2.99. The first kappa shape index (κ1) is 15.5. The monoisotopic (exact) mass is 315 g/mol. The second-order valence-corrected chi connectivity index (χ2v) is 6.88. The van der Waals surface area contributed by atoms with Crippen molar-refractivity contribution in [2.24, 2.45) is 5.92 Å². The van der Waals surface area contributed by atoms with Crippen molar-refractivity contribution in [3.05, 3.63) is 35.9 Å². The van der Waals surface area contributed by atoms with E-state index in [1.165, 1.54) is 6.20 Å². The van der Waals surface area contributed by atoms with Gasteiger partial charge in [-0.15, -0.1) is 5.10 Å². The van der Waals surface area contributed by atoms with E-state index < -0.39 is 0 Å². The predicted octanol–water partition coefficient (Wildman–Crippen LogP) is 1.63. The Kier molecular flexibility index (Phi) is 4.02. The van der Waals surface area contributed by atoms with Gasteiger partial charge in [0, 0.05) is 37.0 Å². The quantitative estimate of drug-likeness (QED) is 0.923. The third-order valence-electron chi connectivity index (χ3n) is 3.91. The highest BCUT2D eigenvalue weighted by atomic mass is 16.5. The van der Waals surface area contributed by atoms with Gasteiger partial charge in [-0.25, -0.2) is 0 Å².